The molecule has 0 bridgehead atoms. The summed E-state index contributed by atoms with van der Waals surface area (Å²) in [5.74, 6) is -0.275. The van der Waals surface area contributed by atoms with Crippen molar-refractivity contribution in [2.45, 2.75) is 24.3 Å². The molecule has 2 aliphatic heterocycles. The number of amides is 2. The molecule has 2 rings (SSSR count). The molecule has 2 amide bonds. The molecule has 0 radical (unpaired) electrons. The Kier molecular flexibility index (Phi) is 2.39. The van der Waals surface area contributed by atoms with E-state index in [1.165, 1.54) is 28.4 Å². The summed E-state index contributed by atoms with van der Waals surface area (Å²) in [7, 11) is 1.54. The predicted octanol–water partition coefficient (Wildman–Crippen LogP) is 1.45. The highest BCUT2D eigenvalue weighted by Crippen LogP contribution is 2.46. The Morgan fingerprint density at radius 1 is 1.00 bits per heavy atom. The Bertz CT molecular complexity index is 319. The maximum absolute atomic E-state index is 11.6. The second-order valence-electron chi connectivity index (χ2n) is 3.47. The first-order valence-corrected chi connectivity index (χ1v) is 6.18. The fraction of sp³-hybridized carbons (Fsp3) is 0.556. The van der Waals surface area contributed by atoms with E-state index in [1.54, 1.807) is 7.05 Å². The van der Waals surface area contributed by atoms with E-state index in [0.717, 1.165) is 0 Å². The van der Waals surface area contributed by atoms with E-state index in [1.807, 2.05) is 0 Å². The summed E-state index contributed by atoms with van der Waals surface area (Å²) in [5.41, 5.74) is 0. The van der Waals surface area contributed by atoms with Crippen LogP contribution < -0.4 is 0 Å². The van der Waals surface area contributed by atoms with Crippen LogP contribution in [0.4, 0.5) is 0 Å². The number of hydrogen-bond acceptors (Lipinski definition) is 4. The van der Waals surface area contributed by atoms with Gasteiger partial charge in [0.1, 0.15) is 0 Å². The molecule has 14 heavy (non-hydrogen) atoms. The topological polar surface area (TPSA) is 37.4 Å². The van der Waals surface area contributed by atoms with E-state index >= 15 is 0 Å². The number of rotatable bonds is 0. The molecule has 76 valence electrons. The van der Waals surface area contributed by atoms with Crippen LogP contribution in [0.3, 0.4) is 0 Å². The highest BCUT2D eigenvalue weighted by molar-refractivity contribution is 8.12. The van der Waals surface area contributed by atoms with Gasteiger partial charge in [0, 0.05) is 17.5 Å². The molecule has 3 nitrogen and oxygen atoms in total. The zero-order chi connectivity index (χ0) is 10.5. The standard InChI is InChI=1S/C9H11NO2S2/c1-4-5(2)14-7-6(13-4)8(11)10(3)9(7)12/h4-5H,1-3H3. The number of hydrogen-bond donors (Lipinski definition) is 0. The molecule has 0 aliphatic carbocycles. The fourth-order valence-electron chi connectivity index (χ4n) is 1.36. The summed E-state index contributed by atoms with van der Waals surface area (Å²) in [6, 6.07) is 0. The van der Waals surface area contributed by atoms with E-state index in [-0.39, 0.29) is 11.8 Å². The summed E-state index contributed by atoms with van der Waals surface area (Å²) in [6.07, 6.45) is 0. The Hall–Kier alpha value is -0.420. The minimum Gasteiger partial charge on any atom is -0.277 e. The average Bonchev–Trinajstić information content (AvgIpc) is 2.34. The van der Waals surface area contributed by atoms with Gasteiger partial charge in [-0.05, 0) is 0 Å². The van der Waals surface area contributed by atoms with Crippen molar-refractivity contribution in [2.24, 2.45) is 0 Å². The lowest BCUT2D eigenvalue weighted by molar-refractivity contribution is -0.135. The molecule has 0 aromatic heterocycles. The van der Waals surface area contributed by atoms with Crippen LogP contribution in [0.15, 0.2) is 9.81 Å². The van der Waals surface area contributed by atoms with Gasteiger partial charge >= 0.3 is 0 Å². The third kappa shape index (κ3) is 1.30. The van der Waals surface area contributed by atoms with E-state index in [2.05, 4.69) is 13.8 Å². The van der Waals surface area contributed by atoms with Gasteiger partial charge in [0.05, 0.1) is 9.81 Å². The summed E-state index contributed by atoms with van der Waals surface area (Å²) < 4.78 is 0. The van der Waals surface area contributed by atoms with Crippen molar-refractivity contribution < 1.29 is 9.59 Å². The lowest BCUT2D eigenvalue weighted by Gasteiger charge is -2.23. The van der Waals surface area contributed by atoms with Gasteiger partial charge in [0.2, 0.25) is 0 Å². The van der Waals surface area contributed by atoms with Crippen molar-refractivity contribution in [3.8, 4) is 0 Å². The van der Waals surface area contributed by atoms with Crippen molar-refractivity contribution >= 4 is 35.3 Å². The van der Waals surface area contributed by atoms with E-state index in [4.69, 9.17) is 0 Å². The Morgan fingerprint density at radius 3 is 1.71 bits per heavy atom. The van der Waals surface area contributed by atoms with E-state index in [0.29, 0.717) is 20.3 Å². The van der Waals surface area contributed by atoms with Gasteiger partial charge in [0.25, 0.3) is 11.8 Å². The smallest absolute Gasteiger partial charge is 0.268 e. The first-order valence-electron chi connectivity index (χ1n) is 4.42. The molecule has 5 heteroatoms. The second kappa shape index (κ2) is 3.31. The SMILES string of the molecule is CC1SC2=C(SC1C)C(=O)N(C)C2=O. The van der Waals surface area contributed by atoms with E-state index in [9.17, 15) is 9.59 Å². The molecular weight excluding hydrogens is 218 g/mol. The number of carbonyl (C=O) groups is 2. The highest BCUT2D eigenvalue weighted by atomic mass is 32.2. The van der Waals surface area contributed by atoms with Gasteiger partial charge in [-0.2, -0.15) is 0 Å². The van der Waals surface area contributed by atoms with Gasteiger partial charge in [-0.1, -0.05) is 13.8 Å². The van der Waals surface area contributed by atoms with Crippen LogP contribution in [-0.4, -0.2) is 34.3 Å². The van der Waals surface area contributed by atoms with Crippen LogP contribution in [-0.2, 0) is 9.59 Å². The second-order valence-corrected chi connectivity index (χ2v) is 6.25. The van der Waals surface area contributed by atoms with Crippen LogP contribution in [0.25, 0.3) is 0 Å². The largest absolute Gasteiger partial charge is 0.277 e. The Labute approximate surface area is 91.3 Å². The average molecular weight is 229 g/mol. The maximum Gasteiger partial charge on any atom is 0.268 e. The number of thioether (sulfide) groups is 2. The number of carbonyl (C=O) groups excluding carboxylic acids is 2. The molecule has 0 aromatic carbocycles. The molecule has 2 aliphatic rings. The Morgan fingerprint density at radius 2 is 1.36 bits per heavy atom. The van der Waals surface area contributed by atoms with Crippen LogP contribution in [0.5, 0.6) is 0 Å². The molecule has 2 heterocycles. The molecule has 0 spiro atoms. The fourth-order valence-corrected chi connectivity index (χ4v) is 3.98. The monoisotopic (exact) mass is 229 g/mol. The summed E-state index contributed by atoms with van der Waals surface area (Å²) >= 11 is 3.05. The van der Waals surface area contributed by atoms with E-state index < -0.39 is 0 Å². The van der Waals surface area contributed by atoms with Gasteiger partial charge in [-0.25, -0.2) is 0 Å². The van der Waals surface area contributed by atoms with Crippen molar-refractivity contribution in [3.05, 3.63) is 9.81 Å². The van der Waals surface area contributed by atoms with Crippen molar-refractivity contribution in [1.29, 1.82) is 0 Å². The quantitative estimate of drug-likeness (QED) is 0.589. The lowest BCUT2D eigenvalue weighted by atomic mass is 10.4. The molecule has 0 saturated heterocycles. The predicted molar refractivity (Wildman–Crippen MR) is 58.9 cm³/mol. The first-order chi connectivity index (χ1) is 6.52. The summed E-state index contributed by atoms with van der Waals surface area (Å²) in [4.78, 5) is 25.7. The van der Waals surface area contributed by atoms with Crippen LogP contribution in [0.2, 0.25) is 0 Å². The van der Waals surface area contributed by atoms with Gasteiger partial charge in [-0.3, -0.25) is 14.5 Å². The van der Waals surface area contributed by atoms with Crippen molar-refractivity contribution in [3.63, 3.8) is 0 Å². The summed E-state index contributed by atoms with van der Waals surface area (Å²) in [5, 5.41) is 0.781. The lowest BCUT2D eigenvalue weighted by Crippen LogP contribution is -2.26. The normalized spacial score (nSPS) is 32.6. The molecule has 0 N–H and O–H groups in total. The van der Waals surface area contributed by atoms with Crippen molar-refractivity contribution in [2.75, 3.05) is 7.05 Å². The number of likely N-dealkylation sites (N-methyl/N-ethyl adjacent to an activating group) is 1. The third-order valence-electron chi connectivity index (χ3n) is 2.47. The van der Waals surface area contributed by atoms with Gasteiger partial charge < -0.3 is 0 Å². The molecule has 0 saturated carbocycles. The zero-order valence-electron chi connectivity index (χ0n) is 8.23. The Balaban J connectivity index is 2.38. The van der Waals surface area contributed by atoms with Crippen LogP contribution in [0.1, 0.15) is 13.8 Å². The molecule has 2 atom stereocenters. The molecular formula is C9H11NO2S2. The minimum absolute atomic E-state index is 0.138. The van der Waals surface area contributed by atoms with Crippen LogP contribution >= 0.6 is 23.5 Å². The maximum atomic E-state index is 11.6. The molecule has 0 fully saturated rings. The minimum atomic E-state index is -0.138. The molecule has 2 unspecified atom stereocenters. The zero-order valence-corrected chi connectivity index (χ0v) is 9.87. The van der Waals surface area contributed by atoms with Crippen LogP contribution in [0, 0.1) is 0 Å². The number of nitrogens with zero attached hydrogens (tertiary/aromatic N) is 1. The first kappa shape index (κ1) is 10.1. The van der Waals surface area contributed by atoms with Gasteiger partial charge in [-0.15, -0.1) is 23.5 Å². The third-order valence-corrected chi connectivity index (χ3v) is 5.56. The summed E-state index contributed by atoms with van der Waals surface area (Å²) in [6.45, 7) is 4.17. The highest BCUT2D eigenvalue weighted by Gasteiger charge is 2.41. The molecule has 0 aromatic rings. The van der Waals surface area contributed by atoms with Crippen molar-refractivity contribution in [1.82, 2.24) is 4.90 Å². The number of imide groups is 1. The van der Waals surface area contributed by atoms with Gasteiger partial charge in [0.15, 0.2) is 0 Å².